The van der Waals surface area contributed by atoms with Crippen LogP contribution in [0.2, 0.25) is 0 Å². The minimum Gasteiger partial charge on any atom is -0.617 e. The molecular formula is C10H15BrN2OS. The van der Waals surface area contributed by atoms with Crippen LogP contribution in [0.3, 0.4) is 0 Å². The second kappa shape index (κ2) is 6.25. The highest BCUT2D eigenvalue weighted by atomic mass is 79.9. The van der Waals surface area contributed by atoms with Crippen LogP contribution in [0.15, 0.2) is 22.7 Å². The normalized spacial score (nSPS) is 12.5. The second-order valence-electron chi connectivity index (χ2n) is 3.29. The van der Waals surface area contributed by atoms with Gasteiger partial charge in [-0.1, -0.05) is 27.1 Å². The van der Waals surface area contributed by atoms with Gasteiger partial charge in [0.25, 0.3) is 0 Å². The summed E-state index contributed by atoms with van der Waals surface area (Å²) >= 11 is 2.64. The highest BCUT2D eigenvalue weighted by Crippen LogP contribution is 2.22. The highest BCUT2D eigenvalue weighted by molar-refractivity contribution is 9.10. The molecule has 0 fully saturated rings. The number of rotatable bonds is 5. The van der Waals surface area contributed by atoms with E-state index in [4.69, 9.17) is 5.73 Å². The van der Waals surface area contributed by atoms with Crippen molar-refractivity contribution in [1.82, 2.24) is 0 Å². The fourth-order valence-electron chi connectivity index (χ4n) is 1.19. The summed E-state index contributed by atoms with van der Waals surface area (Å²) in [4.78, 5) is 0. The van der Waals surface area contributed by atoms with E-state index < -0.39 is 11.2 Å². The van der Waals surface area contributed by atoms with Crippen LogP contribution in [-0.4, -0.2) is 23.1 Å². The Morgan fingerprint density at radius 1 is 1.53 bits per heavy atom. The van der Waals surface area contributed by atoms with Crippen LogP contribution in [0.25, 0.3) is 0 Å². The van der Waals surface area contributed by atoms with E-state index in [0.29, 0.717) is 0 Å². The number of nitrogens with one attached hydrogen (secondary N) is 1. The molecular weight excluding hydrogens is 276 g/mol. The lowest BCUT2D eigenvalue weighted by molar-refractivity contribution is 0.599. The van der Waals surface area contributed by atoms with Crippen molar-refractivity contribution >= 4 is 38.5 Å². The molecule has 0 radical (unpaired) electrons. The lowest BCUT2D eigenvalue weighted by Crippen LogP contribution is -2.10. The minimum atomic E-state index is -0.711. The summed E-state index contributed by atoms with van der Waals surface area (Å²) in [6.45, 7) is 0.797. The van der Waals surface area contributed by atoms with Gasteiger partial charge in [0.05, 0.1) is 17.6 Å². The van der Waals surface area contributed by atoms with E-state index >= 15 is 0 Å². The first-order valence-corrected chi connectivity index (χ1v) is 7.20. The molecule has 0 saturated carbocycles. The van der Waals surface area contributed by atoms with Crippen LogP contribution < -0.4 is 11.1 Å². The van der Waals surface area contributed by atoms with Crippen LogP contribution in [0, 0.1) is 0 Å². The largest absolute Gasteiger partial charge is 0.617 e. The number of benzene rings is 1. The molecule has 1 aromatic rings. The summed E-state index contributed by atoms with van der Waals surface area (Å²) in [5.41, 5.74) is 7.47. The first-order valence-electron chi connectivity index (χ1n) is 4.68. The molecule has 3 N–H and O–H groups in total. The van der Waals surface area contributed by atoms with Crippen LogP contribution in [-0.2, 0) is 11.2 Å². The fourth-order valence-corrected chi connectivity index (χ4v) is 2.12. The zero-order chi connectivity index (χ0) is 11.3. The van der Waals surface area contributed by atoms with Crippen LogP contribution >= 0.6 is 15.9 Å². The summed E-state index contributed by atoms with van der Waals surface area (Å²) in [6.07, 6.45) is 2.60. The zero-order valence-corrected chi connectivity index (χ0v) is 11.0. The summed E-state index contributed by atoms with van der Waals surface area (Å²) in [7, 11) is 0. The van der Waals surface area contributed by atoms with Crippen LogP contribution in [0.4, 0.5) is 11.4 Å². The highest BCUT2D eigenvalue weighted by Gasteiger charge is 2.00. The van der Waals surface area contributed by atoms with Gasteiger partial charge in [0.1, 0.15) is 5.75 Å². The van der Waals surface area contributed by atoms with E-state index in [9.17, 15) is 4.55 Å². The lowest BCUT2D eigenvalue weighted by Gasteiger charge is -2.09. The van der Waals surface area contributed by atoms with Crippen molar-refractivity contribution in [3.05, 3.63) is 22.7 Å². The lowest BCUT2D eigenvalue weighted by atomic mass is 10.2. The van der Waals surface area contributed by atoms with Crippen molar-refractivity contribution in [3.8, 4) is 0 Å². The van der Waals surface area contributed by atoms with Gasteiger partial charge in [-0.15, -0.1) is 0 Å². The van der Waals surface area contributed by atoms with Crippen molar-refractivity contribution in [2.24, 2.45) is 0 Å². The Balaban J connectivity index is 2.37. The van der Waals surface area contributed by atoms with Crippen LogP contribution in [0.5, 0.6) is 0 Å². The molecule has 0 aliphatic heterocycles. The molecule has 15 heavy (non-hydrogen) atoms. The number of halogens is 1. The second-order valence-corrected chi connectivity index (χ2v) is 5.76. The molecule has 5 heteroatoms. The molecule has 0 bridgehead atoms. The average molecular weight is 291 g/mol. The molecule has 1 atom stereocenters. The fraction of sp³-hybridized carbons (Fsp3) is 0.400. The van der Waals surface area contributed by atoms with Gasteiger partial charge in [-0.25, -0.2) is 0 Å². The van der Waals surface area contributed by atoms with Gasteiger partial charge in [-0.3, -0.25) is 0 Å². The summed E-state index contributed by atoms with van der Waals surface area (Å²) in [5, 5.41) is 3.22. The maximum Gasteiger partial charge on any atom is 0.107 e. The first-order chi connectivity index (χ1) is 7.09. The summed E-state index contributed by atoms with van der Waals surface area (Å²) in [6, 6.07) is 5.74. The smallest absolute Gasteiger partial charge is 0.107 e. The third-order valence-corrected chi connectivity index (χ3v) is 3.29. The maximum atomic E-state index is 10.8. The van der Waals surface area contributed by atoms with E-state index in [0.717, 1.165) is 34.6 Å². The molecule has 0 spiro atoms. The van der Waals surface area contributed by atoms with Crippen molar-refractivity contribution in [2.75, 3.05) is 29.6 Å². The van der Waals surface area contributed by atoms with E-state index in [1.807, 2.05) is 18.2 Å². The zero-order valence-electron chi connectivity index (χ0n) is 8.63. The number of hydrogen-bond donors (Lipinski definition) is 2. The average Bonchev–Trinajstić information content (AvgIpc) is 2.14. The molecule has 1 rings (SSSR count). The van der Waals surface area contributed by atoms with E-state index in [-0.39, 0.29) is 0 Å². The SMILES string of the molecule is C[S+]([O-])CCCNc1ccc(Br)cc1N. The van der Waals surface area contributed by atoms with E-state index in [1.165, 1.54) is 0 Å². The number of nitrogens with two attached hydrogens (primary N) is 1. The Labute approximate surface area is 102 Å². The van der Waals surface area contributed by atoms with Crippen molar-refractivity contribution in [2.45, 2.75) is 6.42 Å². The van der Waals surface area contributed by atoms with Gasteiger partial charge >= 0.3 is 0 Å². The third-order valence-electron chi connectivity index (χ3n) is 1.94. The molecule has 1 aromatic carbocycles. The third kappa shape index (κ3) is 4.77. The van der Waals surface area contributed by atoms with Gasteiger partial charge in [0, 0.05) is 17.4 Å². The molecule has 1 unspecified atom stereocenters. The molecule has 84 valence electrons. The monoisotopic (exact) mass is 290 g/mol. The molecule has 0 amide bonds. The van der Waals surface area contributed by atoms with Crippen molar-refractivity contribution in [1.29, 1.82) is 0 Å². The standard InChI is InChI=1S/C10H15BrN2OS/c1-15(14)6-2-5-13-10-4-3-8(11)7-9(10)12/h3-4,7,13H,2,5-6,12H2,1H3. The molecule has 0 aliphatic rings. The predicted octanol–water partition coefficient (Wildman–Crippen LogP) is 2.21. The Hall–Kier alpha value is -0.390. The molecule has 0 saturated heterocycles. The topological polar surface area (TPSA) is 61.1 Å². The molecule has 0 aliphatic carbocycles. The molecule has 0 aromatic heterocycles. The summed E-state index contributed by atoms with van der Waals surface area (Å²) in [5.74, 6) is 0.726. The van der Waals surface area contributed by atoms with Gasteiger partial charge in [0.2, 0.25) is 0 Å². The Bertz CT molecular complexity index is 320. The number of anilines is 2. The van der Waals surface area contributed by atoms with E-state index in [2.05, 4.69) is 21.2 Å². The molecule has 0 heterocycles. The van der Waals surface area contributed by atoms with Gasteiger partial charge < -0.3 is 15.6 Å². The predicted molar refractivity (Wildman–Crippen MR) is 70.6 cm³/mol. The van der Waals surface area contributed by atoms with Gasteiger partial charge in [0.15, 0.2) is 0 Å². The maximum absolute atomic E-state index is 10.8. The number of nitrogen functional groups attached to an aromatic ring is 1. The summed E-state index contributed by atoms with van der Waals surface area (Å²) < 4.78 is 11.8. The number of hydrogen-bond acceptors (Lipinski definition) is 3. The van der Waals surface area contributed by atoms with Gasteiger partial charge in [-0.2, -0.15) is 0 Å². The Kier molecular flexibility index (Phi) is 5.28. The van der Waals surface area contributed by atoms with Crippen molar-refractivity contribution in [3.63, 3.8) is 0 Å². The molecule has 3 nitrogen and oxygen atoms in total. The van der Waals surface area contributed by atoms with E-state index in [1.54, 1.807) is 6.26 Å². The Morgan fingerprint density at radius 3 is 2.87 bits per heavy atom. The Morgan fingerprint density at radius 2 is 2.27 bits per heavy atom. The van der Waals surface area contributed by atoms with Crippen molar-refractivity contribution < 1.29 is 4.55 Å². The quantitative estimate of drug-likeness (QED) is 0.497. The first kappa shape index (κ1) is 12.7. The van der Waals surface area contributed by atoms with Gasteiger partial charge in [-0.05, 0) is 18.2 Å². The van der Waals surface area contributed by atoms with Crippen LogP contribution in [0.1, 0.15) is 6.42 Å². The minimum absolute atomic E-state index is 0.711.